The van der Waals surface area contributed by atoms with Gasteiger partial charge in [0.15, 0.2) is 0 Å². The molecule has 14 heavy (non-hydrogen) atoms. The molecule has 3 nitrogen and oxygen atoms in total. The van der Waals surface area contributed by atoms with Crippen molar-refractivity contribution in [3.63, 3.8) is 0 Å². The van der Waals surface area contributed by atoms with E-state index in [2.05, 4.69) is 10.6 Å². The third kappa shape index (κ3) is 2.27. The lowest BCUT2D eigenvalue weighted by Crippen LogP contribution is -2.59. The molecular formula is C11H23N3. The number of hydrogen-bond donors (Lipinski definition) is 3. The van der Waals surface area contributed by atoms with E-state index in [9.17, 15) is 0 Å². The Morgan fingerprint density at radius 1 is 1.21 bits per heavy atom. The molecule has 0 aromatic rings. The molecule has 1 saturated carbocycles. The fourth-order valence-electron chi connectivity index (χ4n) is 2.82. The third-order valence-corrected chi connectivity index (χ3v) is 3.82. The summed E-state index contributed by atoms with van der Waals surface area (Å²) < 4.78 is 0. The lowest BCUT2D eigenvalue weighted by atomic mass is 9.87. The predicted molar refractivity (Wildman–Crippen MR) is 59.3 cm³/mol. The summed E-state index contributed by atoms with van der Waals surface area (Å²) in [4.78, 5) is 0. The highest BCUT2D eigenvalue weighted by molar-refractivity contribution is 4.96. The fraction of sp³-hybridized carbons (Fsp3) is 1.00. The van der Waals surface area contributed by atoms with Crippen LogP contribution in [0.2, 0.25) is 0 Å². The van der Waals surface area contributed by atoms with Crippen molar-refractivity contribution in [2.24, 2.45) is 5.73 Å². The van der Waals surface area contributed by atoms with E-state index in [0.29, 0.717) is 0 Å². The maximum atomic E-state index is 5.93. The topological polar surface area (TPSA) is 50.1 Å². The molecule has 1 aliphatic carbocycles. The maximum absolute atomic E-state index is 5.93. The zero-order valence-electron chi connectivity index (χ0n) is 9.02. The first-order valence-electron chi connectivity index (χ1n) is 6.03. The normalized spacial score (nSPS) is 28.1. The van der Waals surface area contributed by atoms with Crippen molar-refractivity contribution in [1.29, 1.82) is 0 Å². The first-order valence-corrected chi connectivity index (χ1v) is 6.03. The average molecular weight is 197 g/mol. The van der Waals surface area contributed by atoms with E-state index in [1.165, 1.54) is 38.5 Å². The average Bonchev–Trinajstić information content (AvgIpc) is 2.72. The predicted octanol–water partition coefficient (Wildman–Crippen LogP) is 0.599. The van der Waals surface area contributed by atoms with Crippen LogP contribution in [-0.2, 0) is 0 Å². The fourth-order valence-corrected chi connectivity index (χ4v) is 2.82. The van der Waals surface area contributed by atoms with Crippen LogP contribution in [0.3, 0.4) is 0 Å². The summed E-state index contributed by atoms with van der Waals surface area (Å²) in [5.74, 6) is 0. The van der Waals surface area contributed by atoms with Crippen LogP contribution in [0, 0.1) is 0 Å². The molecule has 3 heteroatoms. The standard InChI is InChI=1S/C11H23N3/c12-9-11(5-7-13-8-6-11)14-10-3-1-2-4-10/h10,13-14H,1-9,12H2. The number of rotatable bonds is 3. The van der Waals surface area contributed by atoms with Gasteiger partial charge in [-0.15, -0.1) is 0 Å². The lowest BCUT2D eigenvalue weighted by Gasteiger charge is -2.40. The van der Waals surface area contributed by atoms with E-state index in [1.807, 2.05) is 0 Å². The largest absolute Gasteiger partial charge is 0.329 e. The van der Waals surface area contributed by atoms with Gasteiger partial charge < -0.3 is 16.4 Å². The molecule has 1 saturated heterocycles. The Bertz CT molecular complexity index is 169. The van der Waals surface area contributed by atoms with Gasteiger partial charge in [0.25, 0.3) is 0 Å². The Morgan fingerprint density at radius 2 is 1.86 bits per heavy atom. The van der Waals surface area contributed by atoms with E-state index < -0.39 is 0 Å². The molecule has 2 rings (SSSR count). The van der Waals surface area contributed by atoms with E-state index in [0.717, 1.165) is 25.7 Å². The summed E-state index contributed by atoms with van der Waals surface area (Å²) >= 11 is 0. The molecule has 2 aliphatic rings. The van der Waals surface area contributed by atoms with Crippen molar-refractivity contribution in [3.8, 4) is 0 Å². The second-order valence-electron chi connectivity index (χ2n) is 4.86. The highest BCUT2D eigenvalue weighted by Crippen LogP contribution is 2.24. The highest BCUT2D eigenvalue weighted by Gasteiger charge is 2.33. The van der Waals surface area contributed by atoms with Gasteiger partial charge in [0.05, 0.1) is 0 Å². The summed E-state index contributed by atoms with van der Waals surface area (Å²) in [7, 11) is 0. The van der Waals surface area contributed by atoms with Gasteiger partial charge in [0, 0.05) is 18.1 Å². The molecular weight excluding hydrogens is 174 g/mol. The number of hydrogen-bond acceptors (Lipinski definition) is 3. The van der Waals surface area contributed by atoms with Crippen LogP contribution in [0.25, 0.3) is 0 Å². The van der Waals surface area contributed by atoms with Gasteiger partial charge in [-0.2, -0.15) is 0 Å². The molecule has 0 atom stereocenters. The zero-order chi connectivity index (χ0) is 9.86. The second-order valence-corrected chi connectivity index (χ2v) is 4.86. The minimum atomic E-state index is 0.250. The Hall–Kier alpha value is -0.120. The van der Waals surface area contributed by atoms with Crippen molar-refractivity contribution >= 4 is 0 Å². The van der Waals surface area contributed by atoms with Crippen LogP contribution in [0.4, 0.5) is 0 Å². The van der Waals surface area contributed by atoms with Crippen LogP contribution in [0.1, 0.15) is 38.5 Å². The molecule has 0 spiro atoms. The molecule has 0 unspecified atom stereocenters. The van der Waals surface area contributed by atoms with Crippen LogP contribution in [0.5, 0.6) is 0 Å². The molecule has 0 aromatic heterocycles. The summed E-state index contributed by atoms with van der Waals surface area (Å²) in [6.07, 6.45) is 7.90. The molecule has 0 bridgehead atoms. The van der Waals surface area contributed by atoms with Gasteiger partial charge in [-0.3, -0.25) is 0 Å². The summed E-state index contributed by atoms with van der Waals surface area (Å²) in [6, 6.07) is 0.747. The van der Waals surface area contributed by atoms with Crippen molar-refractivity contribution in [3.05, 3.63) is 0 Å². The SMILES string of the molecule is NCC1(NC2CCCC2)CCNCC1. The summed E-state index contributed by atoms with van der Waals surface area (Å²) in [6.45, 7) is 3.04. The highest BCUT2D eigenvalue weighted by atomic mass is 15.1. The van der Waals surface area contributed by atoms with Crippen molar-refractivity contribution in [2.45, 2.75) is 50.1 Å². The summed E-state index contributed by atoms with van der Waals surface area (Å²) in [5, 5.41) is 7.22. The smallest absolute Gasteiger partial charge is 0.0330 e. The van der Waals surface area contributed by atoms with Crippen LogP contribution >= 0.6 is 0 Å². The minimum absolute atomic E-state index is 0.250. The third-order valence-electron chi connectivity index (χ3n) is 3.82. The first kappa shape index (κ1) is 10.4. The van der Waals surface area contributed by atoms with Gasteiger partial charge in [-0.25, -0.2) is 0 Å². The second kappa shape index (κ2) is 4.60. The molecule has 0 aromatic carbocycles. The number of nitrogens with one attached hydrogen (secondary N) is 2. The molecule has 0 radical (unpaired) electrons. The molecule has 82 valence electrons. The lowest BCUT2D eigenvalue weighted by molar-refractivity contribution is 0.224. The minimum Gasteiger partial charge on any atom is -0.329 e. The van der Waals surface area contributed by atoms with Crippen LogP contribution in [-0.4, -0.2) is 31.2 Å². The Balaban J connectivity index is 1.89. The van der Waals surface area contributed by atoms with Crippen molar-refractivity contribution < 1.29 is 0 Å². The Labute approximate surface area is 86.8 Å². The molecule has 2 fully saturated rings. The Kier molecular flexibility index (Phi) is 3.42. The maximum Gasteiger partial charge on any atom is 0.0330 e. The van der Waals surface area contributed by atoms with Gasteiger partial charge in [0.2, 0.25) is 0 Å². The van der Waals surface area contributed by atoms with Crippen molar-refractivity contribution in [2.75, 3.05) is 19.6 Å². The quantitative estimate of drug-likeness (QED) is 0.621. The van der Waals surface area contributed by atoms with E-state index in [-0.39, 0.29) is 5.54 Å². The van der Waals surface area contributed by atoms with E-state index >= 15 is 0 Å². The number of nitrogens with two attached hydrogens (primary N) is 1. The van der Waals surface area contributed by atoms with E-state index in [4.69, 9.17) is 5.73 Å². The first-order chi connectivity index (χ1) is 6.85. The molecule has 1 aliphatic heterocycles. The van der Waals surface area contributed by atoms with Gasteiger partial charge >= 0.3 is 0 Å². The van der Waals surface area contributed by atoms with Gasteiger partial charge in [-0.05, 0) is 38.8 Å². The van der Waals surface area contributed by atoms with E-state index in [1.54, 1.807) is 0 Å². The molecule has 0 amide bonds. The van der Waals surface area contributed by atoms with Gasteiger partial charge in [-0.1, -0.05) is 12.8 Å². The summed E-state index contributed by atoms with van der Waals surface area (Å²) in [5.41, 5.74) is 6.18. The van der Waals surface area contributed by atoms with Crippen LogP contribution < -0.4 is 16.4 Å². The van der Waals surface area contributed by atoms with Gasteiger partial charge in [0.1, 0.15) is 0 Å². The molecule has 4 N–H and O–H groups in total. The van der Waals surface area contributed by atoms with Crippen molar-refractivity contribution in [1.82, 2.24) is 10.6 Å². The zero-order valence-corrected chi connectivity index (χ0v) is 9.02. The monoisotopic (exact) mass is 197 g/mol. The van der Waals surface area contributed by atoms with Crippen LogP contribution in [0.15, 0.2) is 0 Å². The number of piperidine rings is 1. The Morgan fingerprint density at radius 3 is 2.43 bits per heavy atom. The molecule has 1 heterocycles.